The first-order valence-corrected chi connectivity index (χ1v) is 7.27. The molecule has 1 aliphatic rings. The molecule has 0 saturated heterocycles. The van der Waals surface area contributed by atoms with Gasteiger partial charge in [0.05, 0.1) is 0 Å². The smallest absolute Gasteiger partial charge is 0.0474 e. The van der Waals surface area contributed by atoms with E-state index in [9.17, 15) is 5.11 Å². The minimum absolute atomic E-state index is 0.312. The Morgan fingerprint density at radius 2 is 2.11 bits per heavy atom. The summed E-state index contributed by atoms with van der Waals surface area (Å²) in [5.74, 6) is 0.430. The molecule has 0 spiro atoms. The molecule has 2 aromatic rings. The second kappa shape index (κ2) is 5.76. The summed E-state index contributed by atoms with van der Waals surface area (Å²) in [7, 11) is 0. The largest absolute Gasteiger partial charge is 0.396 e. The fourth-order valence-electron chi connectivity index (χ4n) is 3.24. The summed E-state index contributed by atoms with van der Waals surface area (Å²) in [5.41, 5.74) is 2.53. The number of hydrogen-bond donors (Lipinski definition) is 3. The molecular formula is C16H22N2O. The van der Waals surface area contributed by atoms with E-state index >= 15 is 0 Å². The van der Waals surface area contributed by atoms with Gasteiger partial charge in [0.15, 0.2) is 0 Å². The lowest BCUT2D eigenvalue weighted by Gasteiger charge is -2.31. The van der Waals surface area contributed by atoms with Crippen LogP contribution in [0.1, 0.15) is 31.2 Å². The zero-order valence-electron chi connectivity index (χ0n) is 11.2. The van der Waals surface area contributed by atoms with Crippen LogP contribution in [0.3, 0.4) is 0 Å². The number of H-pyrrole nitrogens is 1. The average molecular weight is 258 g/mol. The minimum Gasteiger partial charge on any atom is -0.396 e. The van der Waals surface area contributed by atoms with Crippen LogP contribution in [0, 0.1) is 5.92 Å². The maximum atomic E-state index is 9.45. The van der Waals surface area contributed by atoms with Crippen molar-refractivity contribution in [3.8, 4) is 0 Å². The molecule has 1 aliphatic carbocycles. The van der Waals surface area contributed by atoms with E-state index in [0.29, 0.717) is 18.6 Å². The number of aromatic amines is 1. The summed E-state index contributed by atoms with van der Waals surface area (Å²) >= 11 is 0. The fraction of sp³-hybridized carbons (Fsp3) is 0.500. The first-order valence-electron chi connectivity index (χ1n) is 7.27. The predicted molar refractivity (Wildman–Crippen MR) is 78.0 cm³/mol. The molecule has 0 aliphatic heterocycles. The minimum atomic E-state index is 0.312. The Morgan fingerprint density at radius 1 is 1.21 bits per heavy atom. The quantitative estimate of drug-likeness (QED) is 0.789. The van der Waals surface area contributed by atoms with E-state index in [0.717, 1.165) is 13.0 Å². The van der Waals surface area contributed by atoms with Crippen LogP contribution in [0.5, 0.6) is 0 Å². The van der Waals surface area contributed by atoms with Gasteiger partial charge in [0, 0.05) is 36.3 Å². The average Bonchev–Trinajstić information content (AvgIpc) is 2.94. The van der Waals surface area contributed by atoms with Crippen LogP contribution in [0.15, 0.2) is 30.5 Å². The highest BCUT2D eigenvalue weighted by Crippen LogP contribution is 2.25. The zero-order chi connectivity index (χ0) is 13.1. The maximum absolute atomic E-state index is 9.45. The molecular weight excluding hydrogens is 236 g/mol. The van der Waals surface area contributed by atoms with Crippen molar-refractivity contribution in [2.24, 2.45) is 5.92 Å². The Hall–Kier alpha value is -1.32. The molecule has 2 unspecified atom stereocenters. The Kier molecular flexibility index (Phi) is 3.85. The fourth-order valence-corrected chi connectivity index (χ4v) is 3.24. The molecule has 0 radical (unpaired) electrons. The molecule has 0 bridgehead atoms. The van der Waals surface area contributed by atoms with Crippen LogP contribution in [-0.4, -0.2) is 22.7 Å². The molecule has 1 fully saturated rings. The molecule has 3 nitrogen and oxygen atoms in total. The van der Waals surface area contributed by atoms with Crippen LogP contribution < -0.4 is 5.32 Å². The number of nitrogens with one attached hydrogen (secondary N) is 2. The summed E-state index contributed by atoms with van der Waals surface area (Å²) in [4.78, 5) is 3.25. The van der Waals surface area contributed by atoms with Crippen molar-refractivity contribution in [2.75, 3.05) is 6.61 Å². The van der Waals surface area contributed by atoms with Crippen LogP contribution in [0.4, 0.5) is 0 Å². The lowest BCUT2D eigenvalue weighted by molar-refractivity contribution is 0.152. The summed E-state index contributed by atoms with van der Waals surface area (Å²) in [5, 5.41) is 14.4. The summed E-state index contributed by atoms with van der Waals surface area (Å²) < 4.78 is 0. The number of aromatic nitrogens is 1. The van der Waals surface area contributed by atoms with Gasteiger partial charge in [0.25, 0.3) is 0 Å². The number of fused-ring (bicyclic) bond motifs is 1. The van der Waals surface area contributed by atoms with Crippen LogP contribution in [0.25, 0.3) is 10.9 Å². The second-order valence-corrected chi connectivity index (χ2v) is 5.57. The predicted octanol–water partition coefficient (Wildman–Crippen LogP) is 2.81. The summed E-state index contributed by atoms with van der Waals surface area (Å²) in [6, 6.07) is 8.99. The summed E-state index contributed by atoms with van der Waals surface area (Å²) in [6.45, 7) is 1.20. The topological polar surface area (TPSA) is 48.0 Å². The number of aliphatic hydroxyl groups excluding tert-OH is 1. The SMILES string of the molecule is OCC1CCCCC1NCc1cccc2[nH]ccc12. The van der Waals surface area contributed by atoms with E-state index in [1.807, 2.05) is 6.20 Å². The molecule has 3 rings (SSSR count). The standard InChI is InChI=1S/C16H22N2O/c19-11-13-4-1-2-6-15(13)18-10-12-5-3-7-16-14(12)8-9-17-16/h3,5,7-9,13,15,17-19H,1-2,4,6,10-11H2. The van der Waals surface area contributed by atoms with Crippen molar-refractivity contribution in [1.82, 2.24) is 10.3 Å². The summed E-state index contributed by atoms with van der Waals surface area (Å²) in [6.07, 6.45) is 6.88. The van der Waals surface area contributed by atoms with E-state index in [1.54, 1.807) is 0 Å². The molecule has 1 aromatic carbocycles. The Labute approximate surface area is 114 Å². The Balaban J connectivity index is 1.69. The van der Waals surface area contributed by atoms with Crippen LogP contribution >= 0.6 is 0 Å². The highest BCUT2D eigenvalue weighted by atomic mass is 16.3. The lowest BCUT2D eigenvalue weighted by Crippen LogP contribution is -2.39. The van der Waals surface area contributed by atoms with Crippen LogP contribution in [0.2, 0.25) is 0 Å². The molecule has 1 saturated carbocycles. The molecule has 3 N–H and O–H groups in total. The van der Waals surface area contributed by atoms with Gasteiger partial charge < -0.3 is 15.4 Å². The third-order valence-corrected chi connectivity index (χ3v) is 4.38. The molecule has 1 aromatic heterocycles. The van der Waals surface area contributed by atoms with Gasteiger partial charge in [-0.2, -0.15) is 0 Å². The van der Waals surface area contributed by atoms with Crippen molar-refractivity contribution in [3.63, 3.8) is 0 Å². The van der Waals surface area contributed by atoms with Crippen molar-refractivity contribution in [1.29, 1.82) is 0 Å². The Bertz CT molecular complexity index is 534. The number of benzene rings is 1. The molecule has 0 amide bonds. The van der Waals surface area contributed by atoms with Gasteiger partial charge in [-0.1, -0.05) is 25.0 Å². The van der Waals surface area contributed by atoms with Gasteiger partial charge >= 0.3 is 0 Å². The highest BCUT2D eigenvalue weighted by Gasteiger charge is 2.23. The van der Waals surface area contributed by atoms with Gasteiger partial charge in [0.2, 0.25) is 0 Å². The first kappa shape index (κ1) is 12.7. The van der Waals surface area contributed by atoms with E-state index in [1.165, 1.54) is 35.7 Å². The first-order chi connectivity index (χ1) is 9.38. The van der Waals surface area contributed by atoms with E-state index in [-0.39, 0.29) is 0 Å². The molecule has 1 heterocycles. The van der Waals surface area contributed by atoms with Crippen molar-refractivity contribution in [2.45, 2.75) is 38.3 Å². The van der Waals surface area contributed by atoms with Crippen molar-refractivity contribution >= 4 is 10.9 Å². The molecule has 3 heteroatoms. The van der Waals surface area contributed by atoms with Gasteiger partial charge in [-0.25, -0.2) is 0 Å². The maximum Gasteiger partial charge on any atom is 0.0474 e. The van der Waals surface area contributed by atoms with E-state index in [2.05, 4.69) is 34.6 Å². The number of rotatable bonds is 4. The lowest BCUT2D eigenvalue weighted by atomic mass is 9.85. The van der Waals surface area contributed by atoms with Gasteiger partial charge in [-0.05, 0) is 36.5 Å². The third kappa shape index (κ3) is 2.67. The van der Waals surface area contributed by atoms with Crippen molar-refractivity contribution < 1.29 is 5.11 Å². The van der Waals surface area contributed by atoms with Crippen molar-refractivity contribution in [3.05, 3.63) is 36.0 Å². The van der Waals surface area contributed by atoms with E-state index in [4.69, 9.17) is 0 Å². The molecule has 2 atom stereocenters. The normalized spacial score (nSPS) is 23.8. The number of hydrogen-bond acceptors (Lipinski definition) is 2. The van der Waals surface area contributed by atoms with Gasteiger partial charge in [0.1, 0.15) is 0 Å². The van der Waals surface area contributed by atoms with E-state index < -0.39 is 0 Å². The van der Waals surface area contributed by atoms with Gasteiger partial charge in [-0.15, -0.1) is 0 Å². The second-order valence-electron chi connectivity index (χ2n) is 5.57. The highest BCUT2D eigenvalue weighted by molar-refractivity contribution is 5.82. The third-order valence-electron chi connectivity index (χ3n) is 4.38. The molecule has 19 heavy (non-hydrogen) atoms. The zero-order valence-corrected chi connectivity index (χ0v) is 11.2. The molecule has 102 valence electrons. The number of aliphatic hydroxyl groups is 1. The monoisotopic (exact) mass is 258 g/mol. The van der Waals surface area contributed by atoms with Crippen LogP contribution in [-0.2, 0) is 6.54 Å². The Morgan fingerprint density at radius 3 is 3.00 bits per heavy atom. The van der Waals surface area contributed by atoms with Gasteiger partial charge in [-0.3, -0.25) is 0 Å².